The van der Waals surface area contributed by atoms with E-state index in [1.165, 1.54) is 0 Å². The Bertz CT molecular complexity index is 451. The van der Waals surface area contributed by atoms with E-state index in [4.69, 9.17) is 4.74 Å². The van der Waals surface area contributed by atoms with E-state index in [-0.39, 0.29) is 18.2 Å². The molecular weight excluding hydrogens is 276 g/mol. The van der Waals surface area contributed by atoms with Gasteiger partial charge < -0.3 is 10.1 Å². The van der Waals surface area contributed by atoms with Crippen molar-refractivity contribution in [3.8, 4) is 5.75 Å². The lowest BCUT2D eigenvalue weighted by atomic mass is 10.2. The Morgan fingerprint density at radius 3 is 2.61 bits per heavy atom. The molecule has 7 heteroatoms. The maximum Gasteiger partial charge on any atom is 0.215 e. The number of ether oxygens (including phenoxy) is 1. The second kappa shape index (κ2) is 8.31. The Hall–Kier alpha value is -0.820. The Morgan fingerprint density at radius 1 is 1.28 bits per heavy atom. The monoisotopic (exact) mass is 294 g/mol. The molecule has 0 unspecified atom stereocenters. The number of methoxy groups -OCH3 is 1. The van der Waals surface area contributed by atoms with Crippen molar-refractivity contribution >= 4 is 22.4 Å². The van der Waals surface area contributed by atoms with Gasteiger partial charge in [0.05, 0.1) is 12.9 Å². The molecule has 0 amide bonds. The number of nitrogens with one attached hydrogen (secondary N) is 2. The zero-order valence-electron chi connectivity index (χ0n) is 10.5. The summed E-state index contributed by atoms with van der Waals surface area (Å²) in [5.74, 6) is 0.626. The van der Waals surface area contributed by atoms with Gasteiger partial charge in [0.25, 0.3) is 0 Å². The molecule has 0 aliphatic heterocycles. The zero-order valence-corrected chi connectivity index (χ0v) is 12.1. The highest BCUT2D eigenvalue weighted by atomic mass is 35.5. The molecule has 0 bridgehead atoms. The summed E-state index contributed by atoms with van der Waals surface area (Å²) in [7, 11) is 0.0511. The van der Waals surface area contributed by atoms with Crippen LogP contribution in [0, 0.1) is 0 Å². The van der Waals surface area contributed by atoms with Crippen LogP contribution in [-0.4, -0.2) is 35.7 Å². The van der Waals surface area contributed by atoms with Crippen molar-refractivity contribution in [3.63, 3.8) is 0 Å². The minimum Gasteiger partial charge on any atom is -0.497 e. The van der Waals surface area contributed by atoms with Crippen molar-refractivity contribution in [1.29, 1.82) is 0 Å². The van der Waals surface area contributed by atoms with Gasteiger partial charge in [-0.2, -0.15) is 0 Å². The first-order valence-corrected chi connectivity index (χ1v) is 6.97. The van der Waals surface area contributed by atoms with Crippen molar-refractivity contribution in [2.75, 3.05) is 27.2 Å². The number of likely N-dealkylation sites (N-methyl/N-ethyl adjacent to an activating group) is 1. The Kier molecular flexibility index (Phi) is 7.93. The van der Waals surface area contributed by atoms with E-state index < -0.39 is 10.0 Å². The van der Waals surface area contributed by atoms with Crippen LogP contribution in [0.25, 0.3) is 0 Å². The molecule has 0 aliphatic carbocycles. The summed E-state index contributed by atoms with van der Waals surface area (Å²) in [6.45, 7) is 1.00. The van der Waals surface area contributed by atoms with Gasteiger partial charge >= 0.3 is 0 Å². The number of halogens is 1. The summed E-state index contributed by atoms with van der Waals surface area (Å²) < 4.78 is 30.9. The number of rotatable bonds is 7. The lowest BCUT2D eigenvalue weighted by Crippen LogP contribution is -2.31. The van der Waals surface area contributed by atoms with Gasteiger partial charge in [-0.3, -0.25) is 0 Å². The standard InChI is InChI=1S/C11H18N2O3S.ClH/c1-12-6-7-13-17(14,15)9-10-4-3-5-11(8-10)16-2;/h3-5,8,12-13H,6-7,9H2,1-2H3;1H. The summed E-state index contributed by atoms with van der Waals surface area (Å²) in [6, 6.07) is 7.04. The van der Waals surface area contributed by atoms with Gasteiger partial charge in [0, 0.05) is 13.1 Å². The largest absolute Gasteiger partial charge is 0.497 e. The van der Waals surface area contributed by atoms with Gasteiger partial charge in [0.2, 0.25) is 10.0 Å². The van der Waals surface area contributed by atoms with Crippen LogP contribution < -0.4 is 14.8 Å². The summed E-state index contributed by atoms with van der Waals surface area (Å²) >= 11 is 0. The second-order valence-electron chi connectivity index (χ2n) is 3.61. The van der Waals surface area contributed by atoms with E-state index in [9.17, 15) is 8.42 Å². The van der Waals surface area contributed by atoms with Crippen LogP contribution in [0.15, 0.2) is 24.3 Å². The first-order valence-electron chi connectivity index (χ1n) is 5.32. The lowest BCUT2D eigenvalue weighted by Gasteiger charge is -2.07. The van der Waals surface area contributed by atoms with E-state index in [1.54, 1.807) is 38.4 Å². The predicted molar refractivity (Wildman–Crippen MR) is 74.8 cm³/mol. The summed E-state index contributed by atoms with van der Waals surface area (Å²) in [5, 5.41) is 2.88. The third-order valence-electron chi connectivity index (χ3n) is 2.19. The van der Waals surface area contributed by atoms with Crippen LogP contribution in [0.3, 0.4) is 0 Å². The van der Waals surface area contributed by atoms with Gasteiger partial charge in [-0.25, -0.2) is 13.1 Å². The molecule has 0 aromatic heterocycles. The molecule has 0 spiro atoms. The minimum absolute atomic E-state index is 0. The highest BCUT2D eigenvalue weighted by Crippen LogP contribution is 2.14. The number of benzene rings is 1. The van der Waals surface area contributed by atoms with Crippen LogP contribution in [0.1, 0.15) is 5.56 Å². The molecule has 2 N–H and O–H groups in total. The summed E-state index contributed by atoms with van der Waals surface area (Å²) in [5.41, 5.74) is 0.710. The number of hydrogen-bond donors (Lipinski definition) is 2. The molecule has 0 atom stereocenters. The molecule has 104 valence electrons. The van der Waals surface area contributed by atoms with E-state index >= 15 is 0 Å². The number of hydrogen-bond acceptors (Lipinski definition) is 4. The molecule has 1 rings (SSSR count). The van der Waals surface area contributed by atoms with Crippen molar-refractivity contribution in [1.82, 2.24) is 10.0 Å². The number of sulfonamides is 1. The molecule has 0 aliphatic rings. The van der Waals surface area contributed by atoms with Crippen molar-refractivity contribution in [2.24, 2.45) is 0 Å². The normalized spacial score (nSPS) is 10.8. The summed E-state index contributed by atoms with van der Waals surface area (Å²) in [6.07, 6.45) is 0. The van der Waals surface area contributed by atoms with Gasteiger partial charge in [-0.15, -0.1) is 12.4 Å². The third kappa shape index (κ3) is 6.20. The minimum atomic E-state index is -3.28. The molecule has 0 saturated carbocycles. The second-order valence-corrected chi connectivity index (χ2v) is 5.42. The maximum absolute atomic E-state index is 11.7. The molecule has 5 nitrogen and oxygen atoms in total. The highest BCUT2D eigenvalue weighted by molar-refractivity contribution is 7.88. The van der Waals surface area contributed by atoms with Crippen LogP contribution in [0.5, 0.6) is 5.75 Å². The molecule has 0 fully saturated rings. The quantitative estimate of drug-likeness (QED) is 0.729. The molecule has 0 saturated heterocycles. The lowest BCUT2D eigenvalue weighted by molar-refractivity contribution is 0.414. The molecule has 0 heterocycles. The van der Waals surface area contributed by atoms with Crippen LogP contribution in [0.4, 0.5) is 0 Å². The fourth-order valence-corrected chi connectivity index (χ4v) is 2.50. The fourth-order valence-electron chi connectivity index (χ4n) is 1.36. The van der Waals surface area contributed by atoms with Crippen LogP contribution in [0.2, 0.25) is 0 Å². The summed E-state index contributed by atoms with van der Waals surface area (Å²) in [4.78, 5) is 0. The first kappa shape index (κ1) is 17.2. The van der Waals surface area contributed by atoms with Crippen LogP contribution in [-0.2, 0) is 15.8 Å². The van der Waals surface area contributed by atoms with Gasteiger partial charge in [0.15, 0.2) is 0 Å². The van der Waals surface area contributed by atoms with Crippen molar-refractivity contribution in [3.05, 3.63) is 29.8 Å². The highest BCUT2D eigenvalue weighted by Gasteiger charge is 2.10. The fraction of sp³-hybridized carbons (Fsp3) is 0.455. The van der Waals surface area contributed by atoms with Crippen molar-refractivity contribution < 1.29 is 13.2 Å². The van der Waals surface area contributed by atoms with E-state index in [2.05, 4.69) is 10.0 Å². The maximum atomic E-state index is 11.7. The predicted octanol–water partition coefficient (Wildman–Crippen LogP) is 0.756. The Labute approximate surface area is 114 Å². The average molecular weight is 295 g/mol. The smallest absolute Gasteiger partial charge is 0.215 e. The third-order valence-corrected chi connectivity index (χ3v) is 3.55. The molecule has 1 aromatic carbocycles. The van der Waals surface area contributed by atoms with Crippen LogP contribution >= 0.6 is 12.4 Å². The Morgan fingerprint density at radius 2 is 2.00 bits per heavy atom. The van der Waals surface area contributed by atoms with Gasteiger partial charge in [0.1, 0.15) is 5.75 Å². The van der Waals surface area contributed by atoms with Crippen molar-refractivity contribution in [2.45, 2.75) is 5.75 Å². The molecule has 0 radical (unpaired) electrons. The molecule has 1 aromatic rings. The first-order chi connectivity index (χ1) is 8.07. The van der Waals surface area contributed by atoms with Gasteiger partial charge in [-0.05, 0) is 24.7 Å². The Balaban J connectivity index is 0.00000289. The molecule has 18 heavy (non-hydrogen) atoms. The zero-order chi connectivity index (χ0) is 12.7. The average Bonchev–Trinajstić information content (AvgIpc) is 2.29. The van der Waals surface area contributed by atoms with Gasteiger partial charge in [-0.1, -0.05) is 12.1 Å². The topological polar surface area (TPSA) is 67.4 Å². The van der Waals surface area contributed by atoms with E-state index in [0.29, 0.717) is 24.4 Å². The SMILES string of the molecule is CNCCNS(=O)(=O)Cc1cccc(OC)c1.Cl. The van der Waals surface area contributed by atoms with E-state index in [1.807, 2.05) is 0 Å². The van der Waals surface area contributed by atoms with E-state index in [0.717, 1.165) is 0 Å². The molecular formula is C11H19ClN2O3S.